The van der Waals surface area contributed by atoms with E-state index in [0.717, 1.165) is 6.42 Å². The van der Waals surface area contributed by atoms with E-state index >= 15 is 0 Å². The molecule has 0 spiro atoms. The van der Waals surface area contributed by atoms with Gasteiger partial charge in [-0.1, -0.05) is 30.3 Å². The first kappa shape index (κ1) is 13.6. The summed E-state index contributed by atoms with van der Waals surface area (Å²) in [5.74, 6) is -0.145. The Morgan fingerprint density at radius 3 is 2.06 bits per heavy atom. The van der Waals surface area contributed by atoms with Crippen molar-refractivity contribution < 1.29 is 9.31 Å². The fourth-order valence-corrected chi connectivity index (χ4v) is 2.05. The highest BCUT2D eigenvalue weighted by Gasteiger charge is 2.52. The normalized spacial score (nSPS) is 23.1. The van der Waals surface area contributed by atoms with E-state index in [1.54, 1.807) is 0 Å². The van der Waals surface area contributed by atoms with Gasteiger partial charge in [-0.05, 0) is 39.7 Å². The third-order valence-electron chi connectivity index (χ3n) is 3.94. The minimum absolute atomic E-state index is 0.145. The zero-order valence-electron chi connectivity index (χ0n) is 11.6. The average molecular weight is 247 g/mol. The molecular formula is C14H22BNO2. The fourth-order valence-electron chi connectivity index (χ4n) is 2.05. The van der Waals surface area contributed by atoms with Crippen LogP contribution in [0.25, 0.3) is 0 Å². The van der Waals surface area contributed by atoms with Crippen molar-refractivity contribution in [2.75, 3.05) is 0 Å². The summed E-state index contributed by atoms with van der Waals surface area (Å²) < 4.78 is 11.9. The van der Waals surface area contributed by atoms with Crippen LogP contribution < -0.4 is 5.73 Å². The molecule has 1 saturated heterocycles. The summed E-state index contributed by atoms with van der Waals surface area (Å²) in [5, 5.41) is 0. The van der Waals surface area contributed by atoms with Crippen molar-refractivity contribution in [2.24, 2.45) is 5.73 Å². The van der Waals surface area contributed by atoms with Crippen molar-refractivity contribution in [3.8, 4) is 0 Å². The van der Waals surface area contributed by atoms with Crippen molar-refractivity contribution in [3.05, 3.63) is 35.9 Å². The van der Waals surface area contributed by atoms with Gasteiger partial charge in [0.15, 0.2) is 0 Å². The van der Waals surface area contributed by atoms with Gasteiger partial charge in [-0.2, -0.15) is 0 Å². The molecule has 98 valence electrons. The summed E-state index contributed by atoms with van der Waals surface area (Å²) in [4.78, 5) is 0. The van der Waals surface area contributed by atoms with Gasteiger partial charge in [0.2, 0.25) is 0 Å². The summed E-state index contributed by atoms with van der Waals surface area (Å²) in [5.41, 5.74) is 6.78. The molecule has 1 aliphatic rings. The van der Waals surface area contributed by atoms with Crippen molar-refractivity contribution in [2.45, 2.75) is 51.3 Å². The van der Waals surface area contributed by atoms with Crippen LogP contribution in [0, 0.1) is 0 Å². The highest BCUT2D eigenvalue weighted by molar-refractivity contribution is 6.47. The van der Waals surface area contributed by atoms with Crippen LogP contribution in [0.15, 0.2) is 30.3 Å². The average Bonchev–Trinajstić information content (AvgIpc) is 2.50. The Morgan fingerprint density at radius 2 is 1.56 bits per heavy atom. The van der Waals surface area contributed by atoms with Crippen molar-refractivity contribution in [1.29, 1.82) is 0 Å². The zero-order valence-corrected chi connectivity index (χ0v) is 11.6. The van der Waals surface area contributed by atoms with Crippen LogP contribution in [-0.2, 0) is 15.7 Å². The molecule has 2 N–H and O–H groups in total. The number of rotatable bonds is 3. The molecule has 1 fully saturated rings. The van der Waals surface area contributed by atoms with E-state index in [4.69, 9.17) is 15.0 Å². The molecule has 1 aliphatic heterocycles. The molecular weight excluding hydrogens is 225 g/mol. The molecule has 3 nitrogen and oxygen atoms in total. The van der Waals surface area contributed by atoms with Gasteiger partial charge in [0.25, 0.3) is 0 Å². The first-order chi connectivity index (χ1) is 8.32. The van der Waals surface area contributed by atoms with Crippen molar-refractivity contribution in [1.82, 2.24) is 0 Å². The standard InChI is InChI=1S/C14H22BNO2/c1-13(2)14(3,4)18-15(17-13)12(16)10-11-8-6-5-7-9-11/h5-9,12H,10,16H2,1-4H3/t12-/m1/s1. The molecule has 1 aromatic carbocycles. The maximum Gasteiger partial charge on any atom is 0.476 e. The lowest BCUT2D eigenvalue weighted by Gasteiger charge is -2.32. The summed E-state index contributed by atoms with van der Waals surface area (Å²) in [7, 11) is -0.338. The lowest BCUT2D eigenvalue weighted by Crippen LogP contribution is -2.43. The van der Waals surface area contributed by atoms with E-state index in [0.29, 0.717) is 0 Å². The maximum atomic E-state index is 6.20. The minimum Gasteiger partial charge on any atom is -0.402 e. The van der Waals surface area contributed by atoms with Gasteiger partial charge in [-0.3, -0.25) is 0 Å². The highest BCUT2D eigenvalue weighted by Crippen LogP contribution is 2.37. The van der Waals surface area contributed by atoms with Crippen LogP contribution in [0.3, 0.4) is 0 Å². The molecule has 1 heterocycles. The van der Waals surface area contributed by atoms with Crippen LogP contribution in [0.4, 0.5) is 0 Å². The van der Waals surface area contributed by atoms with Gasteiger partial charge in [0, 0.05) is 5.94 Å². The van der Waals surface area contributed by atoms with E-state index in [1.165, 1.54) is 5.56 Å². The quantitative estimate of drug-likeness (QED) is 0.832. The third-order valence-corrected chi connectivity index (χ3v) is 3.94. The Labute approximate surface area is 110 Å². The minimum atomic E-state index is -0.338. The number of nitrogens with two attached hydrogens (primary N) is 1. The molecule has 0 aliphatic carbocycles. The van der Waals surface area contributed by atoms with E-state index in [9.17, 15) is 0 Å². The number of hydrogen-bond acceptors (Lipinski definition) is 3. The second kappa shape index (κ2) is 4.69. The van der Waals surface area contributed by atoms with E-state index in [2.05, 4.69) is 12.1 Å². The van der Waals surface area contributed by atoms with E-state index < -0.39 is 0 Å². The van der Waals surface area contributed by atoms with Crippen LogP contribution in [-0.4, -0.2) is 24.3 Å². The van der Waals surface area contributed by atoms with E-state index in [-0.39, 0.29) is 24.3 Å². The number of benzene rings is 1. The summed E-state index contributed by atoms with van der Waals surface area (Å²) in [6.07, 6.45) is 0.762. The van der Waals surface area contributed by atoms with Crippen molar-refractivity contribution in [3.63, 3.8) is 0 Å². The molecule has 0 saturated carbocycles. The van der Waals surface area contributed by atoms with Gasteiger partial charge in [0.05, 0.1) is 11.2 Å². The molecule has 18 heavy (non-hydrogen) atoms. The van der Waals surface area contributed by atoms with Gasteiger partial charge in [0.1, 0.15) is 0 Å². The van der Waals surface area contributed by atoms with Crippen LogP contribution in [0.1, 0.15) is 33.3 Å². The largest absolute Gasteiger partial charge is 0.476 e. The van der Waals surface area contributed by atoms with Gasteiger partial charge in [-0.15, -0.1) is 0 Å². The van der Waals surface area contributed by atoms with Crippen LogP contribution >= 0.6 is 0 Å². The number of hydrogen-bond donors (Lipinski definition) is 1. The summed E-state index contributed by atoms with van der Waals surface area (Å²) in [6, 6.07) is 10.2. The fraction of sp³-hybridized carbons (Fsp3) is 0.571. The van der Waals surface area contributed by atoms with Gasteiger partial charge >= 0.3 is 7.12 Å². The Bertz CT molecular complexity index is 390. The monoisotopic (exact) mass is 247 g/mol. The molecule has 1 atom stereocenters. The Morgan fingerprint density at radius 1 is 1.06 bits per heavy atom. The molecule has 0 aromatic heterocycles. The van der Waals surface area contributed by atoms with Gasteiger partial charge < -0.3 is 15.0 Å². The SMILES string of the molecule is CC1(C)OB([C@H](N)Cc2ccccc2)OC1(C)C. The lowest BCUT2D eigenvalue weighted by atomic mass is 9.75. The summed E-state index contributed by atoms with van der Waals surface area (Å²) in [6.45, 7) is 8.18. The first-order valence-corrected chi connectivity index (χ1v) is 6.47. The topological polar surface area (TPSA) is 44.5 Å². The summed E-state index contributed by atoms with van der Waals surface area (Å²) >= 11 is 0. The van der Waals surface area contributed by atoms with Crippen molar-refractivity contribution >= 4 is 7.12 Å². The predicted molar refractivity (Wildman–Crippen MR) is 74.2 cm³/mol. The smallest absolute Gasteiger partial charge is 0.402 e. The lowest BCUT2D eigenvalue weighted by molar-refractivity contribution is 0.00578. The molecule has 2 rings (SSSR count). The predicted octanol–water partition coefficient (Wildman–Crippen LogP) is 2.19. The van der Waals surface area contributed by atoms with Gasteiger partial charge in [-0.25, -0.2) is 0 Å². The Balaban J connectivity index is 2.02. The third kappa shape index (κ3) is 2.61. The second-order valence-electron chi connectivity index (χ2n) is 5.98. The second-order valence-corrected chi connectivity index (χ2v) is 5.98. The molecule has 1 aromatic rings. The molecule has 0 radical (unpaired) electrons. The van der Waals surface area contributed by atoms with Crippen LogP contribution in [0.5, 0.6) is 0 Å². The van der Waals surface area contributed by atoms with E-state index in [1.807, 2.05) is 45.9 Å². The van der Waals surface area contributed by atoms with Crippen LogP contribution in [0.2, 0.25) is 0 Å². The highest BCUT2D eigenvalue weighted by atomic mass is 16.7. The molecule has 4 heteroatoms. The molecule has 0 unspecified atom stereocenters. The molecule has 0 amide bonds. The maximum absolute atomic E-state index is 6.20. The zero-order chi connectivity index (χ0) is 13.4. The Kier molecular flexibility index (Phi) is 3.54. The molecule has 0 bridgehead atoms. The Hall–Kier alpha value is -0.835. The first-order valence-electron chi connectivity index (χ1n) is 6.47.